The first kappa shape index (κ1) is 16.5. The lowest BCUT2D eigenvalue weighted by Crippen LogP contribution is -2.37. The van der Waals surface area contributed by atoms with Gasteiger partial charge >= 0.3 is 5.97 Å². The number of benzene rings is 1. The van der Waals surface area contributed by atoms with Crippen molar-refractivity contribution in [3.63, 3.8) is 0 Å². The molecule has 0 aliphatic carbocycles. The van der Waals surface area contributed by atoms with E-state index < -0.39 is 11.6 Å². The van der Waals surface area contributed by atoms with Gasteiger partial charge in [0.1, 0.15) is 0 Å². The lowest BCUT2D eigenvalue weighted by atomic mass is 9.93. The number of aliphatic carboxylic acids is 1. The number of nitrogens with zero attached hydrogens (tertiary/aromatic N) is 2. The van der Waals surface area contributed by atoms with Crippen LogP contribution in [0.5, 0.6) is 0 Å². The van der Waals surface area contributed by atoms with Crippen LogP contribution in [0, 0.1) is 6.92 Å². The summed E-state index contributed by atoms with van der Waals surface area (Å²) in [7, 11) is 0. The fourth-order valence-electron chi connectivity index (χ4n) is 3.55. The van der Waals surface area contributed by atoms with Crippen LogP contribution in [0.2, 0.25) is 0 Å². The summed E-state index contributed by atoms with van der Waals surface area (Å²) >= 11 is 0. The zero-order valence-electron chi connectivity index (χ0n) is 14.0. The van der Waals surface area contributed by atoms with Crippen molar-refractivity contribution in [3.05, 3.63) is 35.4 Å². The van der Waals surface area contributed by atoms with Gasteiger partial charge < -0.3 is 14.8 Å². The monoisotopic (exact) mass is 330 g/mol. The Labute approximate surface area is 141 Å². The molecule has 1 aromatic rings. The minimum Gasteiger partial charge on any atom is -0.477 e. The molecule has 3 rings (SSSR count). The highest BCUT2D eigenvalue weighted by Crippen LogP contribution is 2.35. The van der Waals surface area contributed by atoms with Crippen molar-refractivity contribution >= 4 is 17.6 Å². The molecular weight excluding hydrogens is 308 g/mol. The molecule has 1 aromatic carbocycles. The Morgan fingerprint density at radius 3 is 2.83 bits per heavy atom. The van der Waals surface area contributed by atoms with Crippen LogP contribution in [-0.4, -0.2) is 46.3 Å². The van der Waals surface area contributed by atoms with E-state index in [4.69, 9.17) is 9.94 Å². The third kappa shape index (κ3) is 3.13. The average Bonchev–Trinajstić information content (AvgIpc) is 3.15. The predicted octanol–water partition coefficient (Wildman–Crippen LogP) is 2.32. The van der Waals surface area contributed by atoms with Gasteiger partial charge in [-0.25, -0.2) is 4.79 Å². The van der Waals surface area contributed by atoms with Crippen molar-refractivity contribution in [3.8, 4) is 0 Å². The number of carboxylic acid groups (broad SMARTS) is 1. The second-order valence-corrected chi connectivity index (χ2v) is 6.82. The summed E-state index contributed by atoms with van der Waals surface area (Å²) in [5.41, 5.74) is 1.77. The van der Waals surface area contributed by atoms with Crippen molar-refractivity contribution in [2.75, 3.05) is 13.1 Å². The zero-order chi connectivity index (χ0) is 17.3. The van der Waals surface area contributed by atoms with E-state index in [9.17, 15) is 9.59 Å². The quantitative estimate of drug-likeness (QED) is 0.919. The minimum atomic E-state index is -1.05. The Bertz CT molecular complexity index is 700. The Morgan fingerprint density at radius 1 is 1.42 bits per heavy atom. The summed E-state index contributed by atoms with van der Waals surface area (Å²) in [6.45, 7) is 5.11. The van der Waals surface area contributed by atoms with E-state index in [1.54, 1.807) is 4.90 Å². The standard InChI is InChI=1S/C18H22N2O4/c1-12-5-3-4-6-14(12)13(2)9-16(21)20-8-7-18(11-20)10-15(17(22)23)19-24-18/h3-6,13H,7-11H2,1-2H3,(H,22,23). The van der Waals surface area contributed by atoms with Crippen molar-refractivity contribution in [2.24, 2.45) is 5.16 Å². The molecule has 2 aliphatic rings. The first-order chi connectivity index (χ1) is 11.4. The van der Waals surface area contributed by atoms with Crippen LogP contribution in [0.4, 0.5) is 0 Å². The Kier molecular flexibility index (Phi) is 4.30. The predicted molar refractivity (Wildman–Crippen MR) is 88.9 cm³/mol. The zero-order valence-corrected chi connectivity index (χ0v) is 14.0. The fourth-order valence-corrected chi connectivity index (χ4v) is 3.55. The Balaban J connectivity index is 1.60. The SMILES string of the molecule is Cc1ccccc1C(C)CC(=O)N1CCC2(CC(C(=O)O)=NO2)C1. The first-order valence-corrected chi connectivity index (χ1v) is 8.22. The van der Waals surface area contributed by atoms with Crippen molar-refractivity contribution in [1.82, 2.24) is 4.90 Å². The van der Waals surface area contributed by atoms with Gasteiger partial charge in [0.05, 0.1) is 6.54 Å². The Hall–Kier alpha value is -2.37. The van der Waals surface area contributed by atoms with Crippen LogP contribution >= 0.6 is 0 Å². The van der Waals surface area contributed by atoms with Crippen molar-refractivity contribution in [1.29, 1.82) is 0 Å². The summed E-state index contributed by atoms with van der Waals surface area (Å²) in [5.74, 6) is -0.828. The third-order valence-corrected chi connectivity index (χ3v) is 4.96. The number of hydrogen-bond donors (Lipinski definition) is 1. The molecule has 24 heavy (non-hydrogen) atoms. The summed E-state index contributed by atoms with van der Waals surface area (Å²) in [6.07, 6.45) is 1.32. The normalized spacial score (nSPS) is 23.9. The highest BCUT2D eigenvalue weighted by Gasteiger charge is 2.47. The maximum absolute atomic E-state index is 12.6. The molecule has 1 spiro atoms. The van der Waals surface area contributed by atoms with Gasteiger partial charge in [-0.15, -0.1) is 0 Å². The smallest absolute Gasteiger partial charge is 0.353 e. The maximum atomic E-state index is 12.6. The molecule has 0 bridgehead atoms. The summed E-state index contributed by atoms with van der Waals surface area (Å²) in [4.78, 5) is 30.8. The number of carboxylic acids is 1. The highest BCUT2D eigenvalue weighted by atomic mass is 16.7. The topological polar surface area (TPSA) is 79.2 Å². The van der Waals surface area contributed by atoms with Crippen LogP contribution in [0.3, 0.4) is 0 Å². The number of aryl methyl sites for hydroxylation is 1. The third-order valence-electron chi connectivity index (χ3n) is 4.96. The molecule has 0 saturated carbocycles. The summed E-state index contributed by atoms with van der Waals surface area (Å²) in [5, 5.41) is 12.7. The van der Waals surface area contributed by atoms with Crippen LogP contribution < -0.4 is 0 Å². The molecule has 2 aliphatic heterocycles. The van der Waals surface area contributed by atoms with Crippen LogP contribution in [0.15, 0.2) is 29.4 Å². The number of carbonyl (C=O) groups excluding carboxylic acids is 1. The molecule has 0 radical (unpaired) electrons. The number of oxime groups is 1. The first-order valence-electron chi connectivity index (χ1n) is 8.22. The number of likely N-dealkylation sites (tertiary alicyclic amines) is 1. The number of hydrogen-bond acceptors (Lipinski definition) is 4. The molecule has 1 amide bonds. The number of amides is 1. The molecule has 2 heterocycles. The molecular formula is C18H22N2O4. The van der Waals surface area contributed by atoms with E-state index in [0.717, 1.165) is 0 Å². The molecule has 1 saturated heterocycles. The summed E-state index contributed by atoms with van der Waals surface area (Å²) in [6, 6.07) is 8.10. The molecule has 0 aromatic heterocycles. The molecule has 6 nitrogen and oxygen atoms in total. The van der Waals surface area contributed by atoms with Gasteiger partial charge in [0, 0.05) is 25.8 Å². The van der Waals surface area contributed by atoms with E-state index in [0.29, 0.717) is 25.9 Å². The van der Waals surface area contributed by atoms with Crippen molar-refractivity contribution < 1.29 is 19.5 Å². The van der Waals surface area contributed by atoms with Crippen LogP contribution in [0.1, 0.15) is 43.2 Å². The van der Waals surface area contributed by atoms with Crippen LogP contribution in [-0.2, 0) is 14.4 Å². The lowest BCUT2D eigenvalue weighted by molar-refractivity contribution is -0.132. The van der Waals surface area contributed by atoms with Gasteiger partial charge in [-0.1, -0.05) is 36.3 Å². The summed E-state index contributed by atoms with van der Waals surface area (Å²) < 4.78 is 0. The molecule has 2 unspecified atom stereocenters. The van der Waals surface area contributed by atoms with E-state index >= 15 is 0 Å². The molecule has 1 fully saturated rings. The van der Waals surface area contributed by atoms with Crippen molar-refractivity contribution in [2.45, 2.75) is 44.6 Å². The molecule has 1 N–H and O–H groups in total. The van der Waals surface area contributed by atoms with Gasteiger partial charge in [-0.05, 0) is 24.0 Å². The van der Waals surface area contributed by atoms with Gasteiger partial charge in [-0.2, -0.15) is 0 Å². The Morgan fingerprint density at radius 2 is 2.17 bits per heavy atom. The van der Waals surface area contributed by atoms with E-state index in [1.165, 1.54) is 11.1 Å². The van der Waals surface area contributed by atoms with Crippen LogP contribution in [0.25, 0.3) is 0 Å². The van der Waals surface area contributed by atoms with Gasteiger partial charge in [0.2, 0.25) is 5.91 Å². The maximum Gasteiger partial charge on any atom is 0.353 e. The van der Waals surface area contributed by atoms with Gasteiger partial charge in [0.25, 0.3) is 0 Å². The molecule has 6 heteroatoms. The van der Waals surface area contributed by atoms with E-state index in [-0.39, 0.29) is 24.0 Å². The number of carbonyl (C=O) groups is 2. The van der Waals surface area contributed by atoms with Gasteiger partial charge in [0.15, 0.2) is 11.3 Å². The molecule has 2 atom stereocenters. The fraction of sp³-hybridized carbons (Fsp3) is 0.500. The largest absolute Gasteiger partial charge is 0.477 e. The minimum absolute atomic E-state index is 0.0394. The molecule has 128 valence electrons. The second-order valence-electron chi connectivity index (χ2n) is 6.82. The van der Waals surface area contributed by atoms with Gasteiger partial charge in [-0.3, -0.25) is 4.79 Å². The second kappa shape index (κ2) is 6.26. The average molecular weight is 330 g/mol. The van der Waals surface area contributed by atoms with E-state index in [1.807, 2.05) is 12.1 Å². The van der Waals surface area contributed by atoms with E-state index in [2.05, 4.69) is 31.1 Å². The lowest BCUT2D eigenvalue weighted by Gasteiger charge is -2.23. The highest BCUT2D eigenvalue weighted by molar-refractivity contribution is 6.36. The number of rotatable bonds is 4.